The van der Waals surface area contributed by atoms with E-state index in [0.717, 1.165) is 0 Å². The molecular weight excluding hydrogens is 276 g/mol. The fraction of sp³-hybridized carbons (Fsp3) is 0.786. The molecule has 0 unspecified atom stereocenters. The maximum atomic E-state index is 12.1. The maximum absolute atomic E-state index is 12.1. The molecule has 1 amide bonds. The van der Waals surface area contributed by atoms with Crippen molar-refractivity contribution in [2.24, 2.45) is 5.92 Å². The third-order valence-electron chi connectivity index (χ3n) is 3.16. The molecule has 120 valence electrons. The van der Waals surface area contributed by atoms with E-state index in [-0.39, 0.29) is 18.5 Å². The smallest absolute Gasteiger partial charge is 0.323 e. The highest BCUT2D eigenvalue weighted by atomic mass is 16.6. The Morgan fingerprint density at radius 2 is 1.86 bits per heavy atom. The molecule has 21 heavy (non-hydrogen) atoms. The zero-order valence-corrected chi connectivity index (χ0v) is 13.2. The summed E-state index contributed by atoms with van der Waals surface area (Å²) in [5.41, 5.74) is -0.588. The summed E-state index contributed by atoms with van der Waals surface area (Å²) in [6.07, 6.45) is 0.297. The van der Waals surface area contributed by atoms with Crippen LogP contribution in [0.4, 0.5) is 0 Å². The number of methoxy groups -OCH3 is 1. The molecule has 0 aromatic rings. The number of hydrogen-bond acceptors (Lipinski definition) is 6. The van der Waals surface area contributed by atoms with E-state index in [1.54, 1.807) is 20.8 Å². The number of nitrogens with one attached hydrogen (secondary N) is 2. The first-order chi connectivity index (χ1) is 9.64. The number of amides is 1. The fourth-order valence-electron chi connectivity index (χ4n) is 2.26. The van der Waals surface area contributed by atoms with Gasteiger partial charge in [0, 0.05) is 19.5 Å². The molecule has 0 aromatic carbocycles. The molecule has 1 saturated heterocycles. The first-order valence-corrected chi connectivity index (χ1v) is 6.95. The van der Waals surface area contributed by atoms with Gasteiger partial charge in [-0.05, 0) is 27.2 Å². The van der Waals surface area contributed by atoms with Crippen LogP contribution in [0.5, 0.6) is 0 Å². The minimum absolute atomic E-state index is 0.193. The summed E-state index contributed by atoms with van der Waals surface area (Å²) < 4.78 is 10.1. The van der Waals surface area contributed by atoms with Gasteiger partial charge in [0.25, 0.3) is 0 Å². The Bertz CT molecular complexity index is 416. The summed E-state index contributed by atoms with van der Waals surface area (Å²) in [7, 11) is 1.30. The lowest BCUT2D eigenvalue weighted by Crippen LogP contribution is -2.45. The van der Waals surface area contributed by atoms with Crippen LogP contribution in [0, 0.1) is 5.92 Å². The van der Waals surface area contributed by atoms with Gasteiger partial charge >= 0.3 is 11.9 Å². The van der Waals surface area contributed by atoms with Gasteiger partial charge in [-0.25, -0.2) is 0 Å². The first-order valence-electron chi connectivity index (χ1n) is 6.95. The number of hydrogen-bond donors (Lipinski definition) is 2. The quantitative estimate of drug-likeness (QED) is 0.709. The van der Waals surface area contributed by atoms with Crippen molar-refractivity contribution in [1.82, 2.24) is 10.6 Å². The van der Waals surface area contributed by atoms with Gasteiger partial charge in [0.2, 0.25) is 5.91 Å². The summed E-state index contributed by atoms with van der Waals surface area (Å²) in [5.74, 6) is -1.48. The van der Waals surface area contributed by atoms with Gasteiger partial charge in [-0.15, -0.1) is 0 Å². The van der Waals surface area contributed by atoms with Crippen LogP contribution < -0.4 is 10.6 Å². The van der Waals surface area contributed by atoms with E-state index in [9.17, 15) is 14.4 Å². The number of esters is 2. The molecule has 0 aliphatic carbocycles. The second kappa shape index (κ2) is 6.89. The lowest BCUT2D eigenvalue weighted by Gasteiger charge is -2.22. The van der Waals surface area contributed by atoms with Gasteiger partial charge < -0.3 is 14.8 Å². The number of ether oxygens (including phenoxy) is 2. The summed E-state index contributed by atoms with van der Waals surface area (Å²) in [5, 5.41) is 5.69. The van der Waals surface area contributed by atoms with Crippen LogP contribution in [0.25, 0.3) is 0 Å². The highest BCUT2D eigenvalue weighted by Crippen LogP contribution is 2.24. The van der Waals surface area contributed by atoms with Crippen molar-refractivity contribution in [3.05, 3.63) is 0 Å². The standard InChI is InChI=1S/C14H24N2O5/c1-8(17)15-7-11-9(12(18)20-5)6-10(16-11)13(19)21-14(2,3)4/h9-11,16H,6-7H2,1-5H3,(H,15,17)/t9-,10-,11+/m1/s1. The van der Waals surface area contributed by atoms with Crippen LogP contribution in [0.2, 0.25) is 0 Å². The van der Waals surface area contributed by atoms with Crippen molar-refractivity contribution in [1.29, 1.82) is 0 Å². The van der Waals surface area contributed by atoms with Gasteiger partial charge in [-0.2, -0.15) is 0 Å². The van der Waals surface area contributed by atoms with Crippen molar-refractivity contribution in [2.75, 3.05) is 13.7 Å². The summed E-state index contributed by atoms with van der Waals surface area (Å²) >= 11 is 0. The third kappa shape index (κ3) is 5.34. The predicted molar refractivity (Wildman–Crippen MR) is 75.4 cm³/mol. The molecule has 7 nitrogen and oxygen atoms in total. The topological polar surface area (TPSA) is 93.7 Å². The Hall–Kier alpha value is -1.63. The third-order valence-corrected chi connectivity index (χ3v) is 3.16. The molecule has 1 heterocycles. The molecule has 1 aliphatic rings. The van der Waals surface area contributed by atoms with Crippen LogP contribution in [0.3, 0.4) is 0 Å². The molecule has 1 rings (SSSR count). The molecule has 0 saturated carbocycles. The van der Waals surface area contributed by atoms with E-state index in [0.29, 0.717) is 6.42 Å². The molecule has 0 bridgehead atoms. The average molecular weight is 300 g/mol. The van der Waals surface area contributed by atoms with Crippen molar-refractivity contribution in [2.45, 2.75) is 51.8 Å². The minimum atomic E-state index is -0.588. The molecular formula is C14H24N2O5. The largest absolute Gasteiger partial charge is 0.469 e. The lowest BCUT2D eigenvalue weighted by atomic mass is 9.99. The zero-order chi connectivity index (χ0) is 16.2. The maximum Gasteiger partial charge on any atom is 0.323 e. The second-order valence-corrected chi connectivity index (χ2v) is 6.16. The molecule has 0 spiro atoms. The van der Waals surface area contributed by atoms with Gasteiger partial charge in [-0.1, -0.05) is 0 Å². The number of rotatable bonds is 4. The molecule has 1 aliphatic heterocycles. The lowest BCUT2D eigenvalue weighted by molar-refractivity contribution is -0.157. The Kier molecular flexibility index (Phi) is 5.71. The molecule has 7 heteroatoms. The Balaban J connectivity index is 2.72. The summed E-state index contributed by atoms with van der Waals surface area (Å²) in [6.45, 7) is 7.01. The molecule has 3 atom stereocenters. The highest BCUT2D eigenvalue weighted by Gasteiger charge is 2.43. The van der Waals surface area contributed by atoms with Crippen molar-refractivity contribution < 1.29 is 23.9 Å². The number of carbonyl (C=O) groups excluding carboxylic acids is 3. The molecule has 2 N–H and O–H groups in total. The van der Waals surface area contributed by atoms with E-state index in [1.807, 2.05) is 0 Å². The van der Waals surface area contributed by atoms with E-state index >= 15 is 0 Å². The van der Waals surface area contributed by atoms with Gasteiger partial charge in [0.05, 0.1) is 13.0 Å². The van der Waals surface area contributed by atoms with E-state index in [4.69, 9.17) is 9.47 Å². The predicted octanol–water partition coefficient (Wildman–Crippen LogP) is -0.0161. The van der Waals surface area contributed by atoms with E-state index < -0.39 is 29.5 Å². The van der Waals surface area contributed by atoms with Crippen molar-refractivity contribution >= 4 is 17.8 Å². The second-order valence-electron chi connectivity index (χ2n) is 6.16. The molecule has 1 fully saturated rings. The van der Waals surface area contributed by atoms with E-state index in [1.165, 1.54) is 14.0 Å². The van der Waals surface area contributed by atoms with E-state index in [2.05, 4.69) is 10.6 Å². The minimum Gasteiger partial charge on any atom is -0.469 e. The monoisotopic (exact) mass is 300 g/mol. The zero-order valence-electron chi connectivity index (χ0n) is 13.2. The molecule has 0 aromatic heterocycles. The van der Waals surface area contributed by atoms with Gasteiger partial charge in [-0.3, -0.25) is 19.7 Å². The molecule has 0 radical (unpaired) electrons. The van der Waals surface area contributed by atoms with Crippen LogP contribution in [-0.2, 0) is 23.9 Å². The highest BCUT2D eigenvalue weighted by molar-refractivity contribution is 5.81. The van der Waals surface area contributed by atoms with Crippen LogP contribution in [-0.4, -0.2) is 49.2 Å². The average Bonchev–Trinajstić information content (AvgIpc) is 2.77. The fourth-order valence-corrected chi connectivity index (χ4v) is 2.26. The Morgan fingerprint density at radius 3 is 2.33 bits per heavy atom. The Labute approximate surface area is 124 Å². The van der Waals surface area contributed by atoms with Gasteiger partial charge in [0.1, 0.15) is 11.6 Å². The van der Waals surface area contributed by atoms with Crippen LogP contribution in [0.1, 0.15) is 34.1 Å². The van der Waals surface area contributed by atoms with Crippen LogP contribution >= 0.6 is 0 Å². The van der Waals surface area contributed by atoms with Crippen LogP contribution in [0.15, 0.2) is 0 Å². The SMILES string of the molecule is COC(=O)[C@@H]1C[C@H](C(=O)OC(C)(C)C)N[C@H]1CNC(C)=O. The number of carbonyl (C=O) groups is 3. The van der Waals surface area contributed by atoms with Gasteiger partial charge in [0.15, 0.2) is 0 Å². The van der Waals surface area contributed by atoms with Crippen molar-refractivity contribution in [3.63, 3.8) is 0 Å². The summed E-state index contributed by atoms with van der Waals surface area (Å²) in [4.78, 5) is 34.9. The normalized spacial score (nSPS) is 25.3. The first kappa shape index (κ1) is 17.4. The van der Waals surface area contributed by atoms with Crippen molar-refractivity contribution in [3.8, 4) is 0 Å². The summed E-state index contributed by atoms with van der Waals surface area (Å²) in [6, 6.07) is -0.925. The Morgan fingerprint density at radius 1 is 1.24 bits per heavy atom.